The molecule has 1 unspecified atom stereocenters. The van der Waals surface area contributed by atoms with E-state index >= 15 is 0 Å². The average molecular weight is 272 g/mol. The monoisotopic (exact) mass is 272 g/mol. The number of H-pyrrole nitrogens is 1. The number of aryl methyl sites for hydroxylation is 1. The van der Waals surface area contributed by atoms with Gasteiger partial charge in [0.05, 0.1) is 11.9 Å². The highest BCUT2D eigenvalue weighted by Gasteiger charge is 2.24. The van der Waals surface area contributed by atoms with Gasteiger partial charge in [-0.05, 0) is 32.4 Å². The Hall–Kier alpha value is -0.920. The van der Waals surface area contributed by atoms with Crippen molar-refractivity contribution in [1.29, 1.82) is 0 Å². The number of nitrogens with zero attached hydrogens (tertiary/aromatic N) is 2. The molecular formula is C11H20N4O2S. The first-order valence-corrected chi connectivity index (χ1v) is 7.73. The second-order valence-electron chi connectivity index (χ2n) is 4.76. The van der Waals surface area contributed by atoms with Crippen LogP contribution in [0.4, 0.5) is 0 Å². The highest BCUT2D eigenvalue weighted by atomic mass is 32.2. The minimum absolute atomic E-state index is 0.243. The van der Waals surface area contributed by atoms with E-state index in [1.165, 1.54) is 6.20 Å². The number of likely N-dealkylation sites (tertiary alicyclic amines) is 1. The van der Waals surface area contributed by atoms with Crippen molar-refractivity contribution in [3.8, 4) is 0 Å². The van der Waals surface area contributed by atoms with Gasteiger partial charge in [0.25, 0.3) is 0 Å². The van der Waals surface area contributed by atoms with Crippen LogP contribution < -0.4 is 4.72 Å². The van der Waals surface area contributed by atoms with Crippen molar-refractivity contribution in [2.75, 3.05) is 26.2 Å². The number of hydrogen-bond acceptors (Lipinski definition) is 4. The normalized spacial score (nSPS) is 21.6. The van der Waals surface area contributed by atoms with Crippen LogP contribution in [0.25, 0.3) is 0 Å². The van der Waals surface area contributed by atoms with Gasteiger partial charge in [-0.25, -0.2) is 13.1 Å². The van der Waals surface area contributed by atoms with Crippen molar-refractivity contribution >= 4 is 10.0 Å². The number of aromatic nitrogens is 2. The summed E-state index contributed by atoms with van der Waals surface area (Å²) in [4.78, 5) is 2.58. The minimum Gasteiger partial charge on any atom is -0.303 e. The van der Waals surface area contributed by atoms with Gasteiger partial charge < -0.3 is 4.90 Å². The summed E-state index contributed by atoms with van der Waals surface area (Å²) >= 11 is 0. The van der Waals surface area contributed by atoms with Crippen LogP contribution in [-0.4, -0.2) is 49.7 Å². The van der Waals surface area contributed by atoms with E-state index in [-0.39, 0.29) is 4.90 Å². The van der Waals surface area contributed by atoms with Crippen LogP contribution in [0.2, 0.25) is 0 Å². The fourth-order valence-corrected chi connectivity index (χ4v) is 3.53. The number of hydrogen-bond donors (Lipinski definition) is 2. The summed E-state index contributed by atoms with van der Waals surface area (Å²) in [6, 6.07) is 0. The molecule has 1 saturated heterocycles. The lowest BCUT2D eigenvalue weighted by atomic mass is 10.1. The lowest BCUT2D eigenvalue weighted by molar-refractivity contribution is 0.342. The molecular weight excluding hydrogens is 252 g/mol. The average Bonchev–Trinajstić information content (AvgIpc) is 2.95. The van der Waals surface area contributed by atoms with Crippen LogP contribution in [0.1, 0.15) is 19.0 Å². The van der Waals surface area contributed by atoms with Gasteiger partial charge in [0.2, 0.25) is 10.0 Å². The van der Waals surface area contributed by atoms with Crippen molar-refractivity contribution in [1.82, 2.24) is 19.8 Å². The number of sulfonamides is 1. The van der Waals surface area contributed by atoms with E-state index in [0.29, 0.717) is 18.2 Å². The summed E-state index contributed by atoms with van der Waals surface area (Å²) in [6.07, 6.45) is 2.41. The fourth-order valence-electron chi connectivity index (χ4n) is 2.28. The van der Waals surface area contributed by atoms with Gasteiger partial charge in [0.15, 0.2) is 0 Å². The summed E-state index contributed by atoms with van der Waals surface area (Å²) in [7, 11) is -3.42. The zero-order chi connectivity index (χ0) is 13.2. The SMILES string of the molecule is CCN1CCC(CNS(=O)(=O)c2cn[nH]c2C)C1. The Morgan fingerprint density at radius 1 is 1.61 bits per heavy atom. The molecule has 0 bridgehead atoms. The topological polar surface area (TPSA) is 78.1 Å². The zero-order valence-electron chi connectivity index (χ0n) is 10.8. The maximum atomic E-state index is 12.0. The van der Waals surface area contributed by atoms with E-state index in [4.69, 9.17) is 0 Å². The lowest BCUT2D eigenvalue weighted by Gasteiger charge is -2.13. The molecule has 0 aromatic carbocycles. The van der Waals surface area contributed by atoms with Crippen LogP contribution in [0.5, 0.6) is 0 Å². The Morgan fingerprint density at radius 3 is 2.94 bits per heavy atom. The van der Waals surface area contributed by atoms with E-state index in [1.807, 2.05) is 0 Å². The first-order chi connectivity index (χ1) is 8.53. The van der Waals surface area contributed by atoms with Gasteiger partial charge in [-0.2, -0.15) is 5.10 Å². The number of rotatable bonds is 5. The Balaban J connectivity index is 1.93. The largest absolute Gasteiger partial charge is 0.303 e. The van der Waals surface area contributed by atoms with Crippen molar-refractivity contribution < 1.29 is 8.42 Å². The third-order valence-corrected chi connectivity index (χ3v) is 4.99. The zero-order valence-corrected chi connectivity index (χ0v) is 11.6. The predicted octanol–water partition coefficient (Wildman–Crippen LogP) is 0.338. The van der Waals surface area contributed by atoms with Crippen molar-refractivity contribution in [2.24, 2.45) is 5.92 Å². The molecule has 7 heteroatoms. The standard InChI is InChI=1S/C11H20N4O2S/c1-3-15-5-4-10(8-15)6-13-18(16,17)11-7-12-14-9(11)2/h7,10,13H,3-6,8H2,1-2H3,(H,12,14). The highest BCUT2D eigenvalue weighted by Crippen LogP contribution is 2.16. The molecule has 0 aliphatic carbocycles. The van der Waals surface area contributed by atoms with E-state index in [2.05, 4.69) is 26.7 Å². The highest BCUT2D eigenvalue weighted by molar-refractivity contribution is 7.89. The smallest absolute Gasteiger partial charge is 0.243 e. The molecule has 0 spiro atoms. The summed E-state index contributed by atoms with van der Waals surface area (Å²) in [5.41, 5.74) is 0.573. The lowest BCUT2D eigenvalue weighted by Crippen LogP contribution is -2.31. The summed E-state index contributed by atoms with van der Waals surface area (Å²) in [5, 5.41) is 6.38. The molecule has 18 heavy (non-hydrogen) atoms. The Labute approximate surface area is 108 Å². The predicted molar refractivity (Wildman–Crippen MR) is 68.7 cm³/mol. The maximum absolute atomic E-state index is 12.0. The fraction of sp³-hybridized carbons (Fsp3) is 0.727. The molecule has 1 atom stereocenters. The maximum Gasteiger partial charge on any atom is 0.243 e. The van der Waals surface area contributed by atoms with Crippen LogP contribution in [0, 0.1) is 12.8 Å². The van der Waals surface area contributed by atoms with Crippen LogP contribution >= 0.6 is 0 Å². The van der Waals surface area contributed by atoms with Crippen LogP contribution in [-0.2, 0) is 10.0 Å². The molecule has 1 aliphatic rings. The Kier molecular flexibility index (Phi) is 4.04. The van der Waals surface area contributed by atoms with Crippen molar-refractivity contribution in [3.63, 3.8) is 0 Å². The summed E-state index contributed by atoms with van der Waals surface area (Å²) in [5.74, 6) is 0.409. The van der Waals surface area contributed by atoms with E-state index in [0.717, 1.165) is 26.1 Å². The van der Waals surface area contributed by atoms with Crippen molar-refractivity contribution in [2.45, 2.75) is 25.2 Å². The number of aromatic amines is 1. The Morgan fingerprint density at radius 2 is 2.39 bits per heavy atom. The molecule has 1 aromatic heterocycles. The third-order valence-electron chi connectivity index (χ3n) is 3.45. The van der Waals surface area contributed by atoms with Crippen LogP contribution in [0.3, 0.4) is 0 Å². The quantitative estimate of drug-likeness (QED) is 0.810. The second-order valence-corrected chi connectivity index (χ2v) is 6.49. The molecule has 2 rings (SSSR count). The molecule has 1 aliphatic heterocycles. The van der Waals surface area contributed by atoms with E-state index in [9.17, 15) is 8.42 Å². The third kappa shape index (κ3) is 2.90. The van der Waals surface area contributed by atoms with E-state index in [1.54, 1.807) is 6.92 Å². The van der Waals surface area contributed by atoms with Gasteiger partial charge in [0.1, 0.15) is 4.90 Å². The minimum atomic E-state index is -3.42. The molecule has 102 valence electrons. The first-order valence-electron chi connectivity index (χ1n) is 6.25. The molecule has 0 saturated carbocycles. The van der Waals surface area contributed by atoms with Gasteiger partial charge in [-0.3, -0.25) is 5.10 Å². The molecule has 1 aromatic rings. The van der Waals surface area contributed by atoms with Gasteiger partial charge in [-0.15, -0.1) is 0 Å². The summed E-state index contributed by atoms with van der Waals surface area (Å²) in [6.45, 7) is 7.40. The van der Waals surface area contributed by atoms with E-state index < -0.39 is 10.0 Å². The van der Waals surface area contributed by atoms with Crippen molar-refractivity contribution in [3.05, 3.63) is 11.9 Å². The molecule has 1 fully saturated rings. The van der Waals surface area contributed by atoms with Crippen LogP contribution in [0.15, 0.2) is 11.1 Å². The van der Waals surface area contributed by atoms with Gasteiger partial charge in [-0.1, -0.05) is 6.92 Å². The molecule has 6 nitrogen and oxygen atoms in total. The summed E-state index contributed by atoms with van der Waals surface area (Å²) < 4.78 is 26.7. The first kappa shape index (κ1) is 13.5. The molecule has 2 heterocycles. The second kappa shape index (κ2) is 5.38. The number of nitrogens with one attached hydrogen (secondary N) is 2. The van der Waals surface area contributed by atoms with Gasteiger partial charge in [0, 0.05) is 13.1 Å². The molecule has 2 N–H and O–H groups in total. The van der Waals surface area contributed by atoms with Gasteiger partial charge >= 0.3 is 0 Å². The molecule has 0 amide bonds. The Bertz CT molecular complexity index is 497. The molecule has 0 radical (unpaired) electrons.